The largest absolute Gasteiger partial charge is 0.331 e. The lowest BCUT2D eigenvalue weighted by Gasteiger charge is -1.76. The fourth-order valence-corrected chi connectivity index (χ4v) is 0.625. The van der Waals surface area contributed by atoms with Gasteiger partial charge in [-0.2, -0.15) is 0 Å². The lowest BCUT2D eigenvalue weighted by molar-refractivity contribution is 0.857. The first kappa shape index (κ1) is 7.92. The highest BCUT2D eigenvalue weighted by molar-refractivity contribution is 4.55. The Bertz CT molecular complexity index is 25.9. The van der Waals surface area contributed by atoms with Crippen LogP contribution in [0.3, 0.4) is 0 Å². The molecule has 0 saturated carbocycles. The van der Waals surface area contributed by atoms with E-state index in [9.17, 15) is 0 Å². The monoisotopic (exact) mass is 116 g/mol. The Labute approximate surface area is 51.5 Å². The van der Waals surface area contributed by atoms with Crippen molar-refractivity contribution in [3.8, 4) is 0 Å². The van der Waals surface area contributed by atoms with Crippen molar-refractivity contribution in [2.24, 2.45) is 5.73 Å². The summed E-state index contributed by atoms with van der Waals surface area (Å²) in [6.07, 6.45) is 2.78. The highest BCUT2D eigenvalue weighted by Gasteiger charge is 1.93. The molecule has 1 heterocycles. The fraction of sp³-hybridized carbons (Fsp3) is 1.00. The predicted octanol–water partition coefficient (Wildman–Crippen LogP) is 0.335. The van der Waals surface area contributed by atoms with Crippen molar-refractivity contribution in [3.05, 3.63) is 0 Å². The maximum Gasteiger partial charge on any atom is -0.00484 e. The van der Waals surface area contributed by atoms with E-state index in [0.29, 0.717) is 0 Å². The minimum Gasteiger partial charge on any atom is -0.331 e. The van der Waals surface area contributed by atoms with Gasteiger partial charge in [-0.25, -0.2) is 0 Å². The second kappa shape index (κ2) is 6.92. The van der Waals surface area contributed by atoms with Crippen LogP contribution in [0.5, 0.6) is 0 Å². The number of nitrogens with two attached hydrogens (primary N) is 1. The lowest BCUT2D eigenvalue weighted by Crippen LogP contribution is -2.03. The number of rotatable bonds is 0. The van der Waals surface area contributed by atoms with Crippen LogP contribution in [0.1, 0.15) is 19.8 Å². The molecular weight excluding hydrogens is 100 g/mol. The van der Waals surface area contributed by atoms with Crippen LogP contribution in [0.4, 0.5) is 0 Å². The fourth-order valence-electron chi connectivity index (χ4n) is 0.625. The smallest absolute Gasteiger partial charge is 0.00484 e. The van der Waals surface area contributed by atoms with E-state index in [0.717, 1.165) is 6.54 Å². The Balaban J connectivity index is 0.000000145. The summed E-state index contributed by atoms with van der Waals surface area (Å²) < 4.78 is 0. The minimum atomic E-state index is 0.750. The average Bonchev–Trinajstić information content (AvgIpc) is 2.17. The second-order valence-electron chi connectivity index (χ2n) is 1.87. The van der Waals surface area contributed by atoms with Crippen molar-refractivity contribution in [3.63, 3.8) is 0 Å². The molecule has 1 saturated heterocycles. The van der Waals surface area contributed by atoms with Crippen molar-refractivity contribution in [2.75, 3.05) is 19.6 Å². The van der Waals surface area contributed by atoms with Crippen LogP contribution >= 0.6 is 0 Å². The van der Waals surface area contributed by atoms with E-state index in [-0.39, 0.29) is 0 Å². The van der Waals surface area contributed by atoms with Crippen molar-refractivity contribution >= 4 is 0 Å². The molecule has 1 aliphatic rings. The van der Waals surface area contributed by atoms with Crippen LogP contribution in [0.25, 0.3) is 0 Å². The summed E-state index contributed by atoms with van der Waals surface area (Å²) in [5, 5.41) is 3.22. The standard InChI is InChI=1S/C4H9N.C2H7N/c1-2-4-5-3-1;1-2-3/h5H,1-4H2;2-3H2,1H3. The second-order valence-corrected chi connectivity index (χ2v) is 1.87. The molecule has 0 aliphatic carbocycles. The van der Waals surface area contributed by atoms with Gasteiger partial charge in [0.25, 0.3) is 0 Å². The van der Waals surface area contributed by atoms with E-state index in [1.807, 2.05) is 6.92 Å². The van der Waals surface area contributed by atoms with Crippen molar-refractivity contribution < 1.29 is 0 Å². The minimum absolute atomic E-state index is 0.750. The molecule has 0 spiro atoms. The van der Waals surface area contributed by atoms with Crippen LogP contribution < -0.4 is 11.1 Å². The zero-order valence-electron chi connectivity index (χ0n) is 5.61. The molecule has 50 valence electrons. The van der Waals surface area contributed by atoms with Gasteiger partial charge in [-0.1, -0.05) is 6.92 Å². The van der Waals surface area contributed by atoms with E-state index in [2.05, 4.69) is 5.32 Å². The molecule has 2 heteroatoms. The van der Waals surface area contributed by atoms with Gasteiger partial charge >= 0.3 is 0 Å². The summed E-state index contributed by atoms with van der Waals surface area (Å²) in [6, 6.07) is 0. The number of hydrogen-bond acceptors (Lipinski definition) is 2. The van der Waals surface area contributed by atoms with Gasteiger partial charge in [0.2, 0.25) is 0 Å². The summed E-state index contributed by atoms with van der Waals surface area (Å²) in [6.45, 7) is 5.15. The SMILES string of the molecule is C1CCNC1.CCN. The molecule has 2 nitrogen and oxygen atoms in total. The van der Waals surface area contributed by atoms with Crippen molar-refractivity contribution in [1.82, 2.24) is 5.32 Å². The highest BCUT2D eigenvalue weighted by Crippen LogP contribution is 1.90. The van der Waals surface area contributed by atoms with Gasteiger partial charge in [0.05, 0.1) is 0 Å². The third-order valence-electron chi connectivity index (χ3n) is 0.957. The van der Waals surface area contributed by atoms with E-state index >= 15 is 0 Å². The average molecular weight is 116 g/mol. The molecular formula is C6H16N2. The summed E-state index contributed by atoms with van der Waals surface area (Å²) in [4.78, 5) is 0. The van der Waals surface area contributed by atoms with Gasteiger partial charge in [0, 0.05) is 0 Å². The molecule has 0 unspecified atom stereocenters. The summed E-state index contributed by atoms with van der Waals surface area (Å²) >= 11 is 0. The third kappa shape index (κ3) is 5.92. The van der Waals surface area contributed by atoms with Gasteiger partial charge in [0.1, 0.15) is 0 Å². The molecule has 1 rings (SSSR count). The Morgan fingerprint density at radius 3 is 1.88 bits per heavy atom. The summed E-state index contributed by atoms with van der Waals surface area (Å²) in [5.41, 5.74) is 4.85. The molecule has 3 N–H and O–H groups in total. The van der Waals surface area contributed by atoms with E-state index in [1.165, 1.54) is 25.9 Å². The first-order chi connectivity index (χ1) is 3.91. The van der Waals surface area contributed by atoms with Gasteiger partial charge < -0.3 is 11.1 Å². The number of nitrogens with one attached hydrogen (secondary N) is 1. The maximum absolute atomic E-state index is 4.85. The normalized spacial score (nSPS) is 17.2. The topological polar surface area (TPSA) is 38.0 Å². The molecule has 0 radical (unpaired) electrons. The number of hydrogen-bond donors (Lipinski definition) is 2. The van der Waals surface area contributed by atoms with Crippen molar-refractivity contribution in [2.45, 2.75) is 19.8 Å². The van der Waals surface area contributed by atoms with E-state index < -0.39 is 0 Å². The zero-order chi connectivity index (χ0) is 6.24. The molecule has 0 bridgehead atoms. The third-order valence-corrected chi connectivity index (χ3v) is 0.957. The molecule has 1 aliphatic heterocycles. The quantitative estimate of drug-likeness (QED) is 0.479. The van der Waals surface area contributed by atoms with E-state index in [1.54, 1.807) is 0 Å². The summed E-state index contributed by atoms with van der Waals surface area (Å²) in [7, 11) is 0. The molecule has 8 heavy (non-hydrogen) atoms. The Morgan fingerprint density at radius 2 is 1.75 bits per heavy atom. The molecule has 0 aromatic rings. The first-order valence-electron chi connectivity index (χ1n) is 3.32. The predicted molar refractivity (Wildman–Crippen MR) is 36.8 cm³/mol. The van der Waals surface area contributed by atoms with Gasteiger partial charge in [-0.15, -0.1) is 0 Å². The Hall–Kier alpha value is -0.0800. The molecule has 0 atom stereocenters. The summed E-state index contributed by atoms with van der Waals surface area (Å²) in [5.74, 6) is 0. The highest BCUT2D eigenvalue weighted by atomic mass is 14.9. The molecule has 1 fully saturated rings. The molecule has 0 amide bonds. The van der Waals surface area contributed by atoms with E-state index in [4.69, 9.17) is 5.73 Å². The van der Waals surface area contributed by atoms with Crippen LogP contribution in [0, 0.1) is 0 Å². The van der Waals surface area contributed by atoms with Gasteiger partial charge in [-0.3, -0.25) is 0 Å². The lowest BCUT2D eigenvalue weighted by atomic mass is 10.4. The first-order valence-corrected chi connectivity index (χ1v) is 3.32. The molecule has 0 aromatic heterocycles. The molecule has 0 aromatic carbocycles. The van der Waals surface area contributed by atoms with Gasteiger partial charge in [0.15, 0.2) is 0 Å². The van der Waals surface area contributed by atoms with Crippen molar-refractivity contribution in [1.29, 1.82) is 0 Å². The Morgan fingerprint density at radius 1 is 1.38 bits per heavy atom. The van der Waals surface area contributed by atoms with Crippen LogP contribution in [0.15, 0.2) is 0 Å². The zero-order valence-corrected chi connectivity index (χ0v) is 5.61. The van der Waals surface area contributed by atoms with Crippen LogP contribution in [0.2, 0.25) is 0 Å². The Kier molecular flexibility index (Phi) is 6.85. The van der Waals surface area contributed by atoms with Gasteiger partial charge in [-0.05, 0) is 32.5 Å². The van der Waals surface area contributed by atoms with Crippen LogP contribution in [-0.4, -0.2) is 19.6 Å². The van der Waals surface area contributed by atoms with Crippen LogP contribution in [-0.2, 0) is 0 Å². The maximum atomic E-state index is 4.85.